The minimum atomic E-state index is -0.0623. The maximum Gasteiger partial charge on any atom is 0.243 e. The van der Waals surface area contributed by atoms with Crippen LogP contribution >= 0.6 is 0 Å². The summed E-state index contributed by atoms with van der Waals surface area (Å²) < 4.78 is 5.52. The van der Waals surface area contributed by atoms with Crippen molar-refractivity contribution in [3.05, 3.63) is 12.7 Å². The molecule has 3 atom stereocenters. The predicted octanol–water partition coefficient (Wildman–Crippen LogP) is 1.49. The summed E-state index contributed by atoms with van der Waals surface area (Å²) in [7, 11) is 1.77. The van der Waals surface area contributed by atoms with Gasteiger partial charge in [0, 0.05) is 24.5 Å². The number of carbonyl (C=O) groups is 1. The molecule has 1 spiro atoms. The Kier molecular flexibility index (Phi) is 2.59. The van der Waals surface area contributed by atoms with Crippen LogP contribution < -0.4 is 5.32 Å². The standard InChI is InChI=1S/C12H19NO2/c1-4-9(14)13-10-8(2)11(15-3)12(10)6-5-7-12/h4,8,10-11H,1,5-7H2,2-3H3,(H,13,14). The van der Waals surface area contributed by atoms with Crippen molar-refractivity contribution in [3.8, 4) is 0 Å². The molecule has 3 heteroatoms. The molecule has 3 nitrogen and oxygen atoms in total. The molecule has 0 aromatic rings. The Bertz CT molecular complexity index is 283. The first-order chi connectivity index (χ1) is 7.15. The van der Waals surface area contributed by atoms with E-state index in [0.29, 0.717) is 12.0 Å². The number of ether oxygens (including phenoxy) is 1. The summed E-state index contributed by atoms with van der Waals surface area (Å²) in [6.07, 6.45) is 5.28. The van der Waals surface area contributed by atoms with Gasteiger partial charge in [0.25, 0.3) is 0 Å². The van der Waals surface area contributed by atoms with Crippen LogP contribution in [0.4, 0.5) is 0 Å². The second-order valence-corrected chi connectivity index (χ2v) is 4.79. The number of carbonyl (C=O) groups excluding carboxylic acids is 1. The predicted molar refractivity (Wildman–Crippen MR) is 58.4 cm³/mol. The Morgan fingerprint density at radius 3 is 2.67 bits per heavy atom. The Hall–Kier alpha value is -0.830. The van der Waals surface area contributed by atoms with Crippen LogP contribution in [0.2, 0.25) is 0 Å². The molecule has 2 rings (SSSR count). The molecular weight excluding hydrogens is 190 g/mol. The van der Waals surface area contributed by atoms with Crippen molar-refractivity contribution < 1.29 is 9.53 Å². The molecule has 0 aromatic heterocycles. The molecule has 1 N–H and O–H groups in total. The van der Waals surface area contributed by atoms with E-state index >= 15 is 0 Å². The van der Waals surface area contributed by atoms with Gasteiger partial charge < -0.3 is 10.1 Å². The molecule has 2 saturated carbocycles. The number of rotatable bonds is 3. The Morgan fingerprint density at radius 1 is 1.60 bits per heavy atom. The lowest BCUT2D eigenvalue weighted by Crippen LogP contribution is -2.72. The second-order valence-electron chi connectivity index (χ2n) is 4.79. The molecule has 84 valence electrons. The summed E-state index contributed by atoms with van der Waals surface area (Å²) in [5, 5.41) is 3.04. The summed E-state index contributed by atoms with van der Waals surface area (Å²) in [5.41, 5.74) is 0.229. The van der Waals surface area contributed by atoms with E-state index < -0.39 is 0 Å². The smallest absolute Gasteiger partial charge is 0.243 e. The van der Waals surface area contributed by atoms with E-state index in [-0.39, 0.29) is 17.4 Å². The maximum atomic E-state index is 11.3. The Morgan fingerprint density at radius 2 is 2.27 bits per heavy atom. The van der Waals surface area contributed by atoms with Gasteiger partial charge in [0.05, 0.1) is 6.10 Å². The summed E-state index contributed by atoms with van der Waals surface area (Å²) >= 11 is 0. The fraction of sp³-hybridized carbons (Fsp3) is 0.750. The van der Waals surface area contributed by atoms with Crippen molar-refractivity contribution in [2.24, 2.45) is 11.3 Å². The van der Waals surface area contributed by atoms with Crippen LogP contribution in [0.15, 0.2) is 12.7 Å². The molecule has 15 heavy (non-hydrogen) atoms. The normalized spacial score (nSPS) is 36.5. The summed E-state index contributed by atoms with van der Waals surface area (Å²) in [5.74, 6) is 0.354. The fourth-order valence-corrected chi connectivity index (χ4v) is 3.40. The highest BCUT2D eigenvalue weighted by molar-refractivity contribution is 5.87. The molecule has 0 bridgehead atoms. The number of hydrogen-bond donors (Lipinski definition) is 1. The first-order valence-corrected chi connectivity index (χ1v) is 5.61. The molecule has 3 unspecified atom stereocenters. The maximum absolute atomic E-state index is 11.3. The van der Waals surface area contributed by atoms with Crippen molar-refractivity contribution >= 4 is 5.91 Å². The zero-order chi connectivity index (χ0) is 11.1. The number of hydrogen-bond acceptors (Lipinski definition) is 2. The lowest BCUT2D eigenvalue weighted by Gasteiger charge is -2.64. The Balaban J connectivity index is 2.05. The van der Waals surface area contributed by atoms with E-state index in [1.165, 1.54) is 25.3 Å². The van der Waals surface area contributed by atoms with Gasteiger partial charge in [-0.15, -0.1) is 0 Å². The lowest BCUT2D eigenvalue weighted by molar-refractivity contribution is -0.201. The summed E-state index contributed by atoms with van der Waals surface area (Å²) in [6, 6.07) is 0.279. The number of methoxy groups -OCH3 is 1. The molecule has 0 aromatic carbocycles. The van der Waals surface area contributed by atoms with Gasteiger partial charge in [0.1, 0.15) is 0 Å². The van der Waals surface area contributed by atoms with E-state index in [1.807, 2.05) is 0 Å². The van der Waals surface area contributed by atoms with Gasteiger partial charge in [-0.25, -0.2) is 0 Å². The third kappa shape index (κ3) is 1.33. The van der Waals surface area contributed by atoms with Crippen molar-refractivity contribution in [1.29, 1.82) is 0 Å². The Labute approximate surface area is 90.9 Å². The average Bonchev–Trinajstić information content (AvgIpc) is 2.18. The third-order valence-electron chi connectivity index (χ3n) is 4.21. The molecule has 2 fully saturated rings. The average molecular weight is 209 g/mol. The monoisotopic (exact) mass is 209 g/mol. The van der Waals surface area contributed by atoms with Gasteiger partial charge >= 0.3 is 0 Å². The van der Waals surface area contributed by atoms with Crippen molar-refractivity contribution in [2.75, 3.05) is 7.11 Å². The van der Waals surface area contributed by atoms with Gasteiger partial charge in [-0.3, -0.25) is 4.79 Å². The molecule has 2 aliphatic rings. The van der Waals surface area contributed by atoms with Gasteiger partial charge in [-0.1, -0.05) is 19.9 Å². The highest BCUT2D eigenvalue weighted by atomic mass is 16.5. The van der Waals surface area contributed by atoms with Crippen molar-refractivity contribution in [2.45, 2.75) is 38.3 Å². The zero-order valence-corrected chi connectivity index (χ0v) is 9.45. The van der Waals surface area contributed by atoms with Crippen LogP contribution in [0.25, 0.3) is 0 Å². The van der Waals surface area contributed by atoms with Crippen LogP contribution in [-0.4, -0.2) is 25.2 Å². The molecule has 0 heterocycles. The molecular formula is C12H19NO2. The summed E-state index contributed by atoms with van der Waals surface area (Å²) in [4.78, 5) is 11.3. The number of amides is 1. The first kappa shape index (κ1) is 10.7. The first-order valence-electron chi connectivity index (χ1n) is 5.61. The molecule has 0 aliphatic heterocycles. The van der Waals surface area contributed by atoms with Crippen LogP contribution in [0, 0.1) is 11.3 Å². The van der Waals surface area contributed by atoms with E-state index in [0.717, 1.165) is 0 Å². The highest BCUT2D eigenvalue weighted by Gasteiger charge is 2.63. The quantitative estimate of drug-likeness (QED) is 0.715. The summed E-state index contributed by atoms with van der Waals surface area (Å²) in [6.45, 7) is 5.63. The van der Waals surface area contributed by atoms with E-state index in [2.05, 4.69) is 18.8 Å². The molecule has 1 amide bonds. The van der Waals surface area contributed by atoms with E-state index in [4.69, 9.17) is 4.74 Å². The third-order valence-corrected chi connectivity index (χ3v) is 4.21. The van der Waals surface area contributed by atoms with Gasteiger partial charge in [-0.2, -0.15) is 0 Å². The van der Waals surface area contributed by atoms with E-state index in [1.54, 1.807) is 7.11 Å². The van der Waals surface area contributed by atoms with Gasteiger partial charge in [0.15, 0.2) is 0 Å². The minimum absolute atomic E-state index is 0.0623. The van der Waals surface area contributed by atoms with Gasteiger partial charge in [-0.05, 0) is 18.9 Å². The van der Waals surface area contributed by atoms with Gasteiger partial charge in [0.2, 0.25) is 5.91 Å². The van der Waals surface area contributed by atoms with Crippen LogP contribution in [0.3, 0.4) is 0 Å². The van der Waals surface area contributed by atoms with E-state index in [9.17, 15) is 4.79 Å². The molecule has 2 aliphatic carbocycles. The van der Waals surface area contributed by atoms with Crippen molar-refractivity contribution in [1.82, 2.24) is 5.32 Å². The van der Waals surface area contributed by atoms with Crippen molar-refractivity contribution in [3.63, 3.8) is 0 Å². The molecule has 0 radical (unpaired) electrons. The fourth-order valence-electron chi connectivity index (χ4n) is 3.40. The molecule has 0 saturated heterocycles. The van der Waals surface area contributed by atoms with Crippen LogP contribution in [0.1, 0.15) is 26.2 Å². The number of nitrogens with one attached hydrogen (secondary N) is 1. The second kappa shape index (κ2) is 3.63. The minimum Gasteiger partial charge on any atom is -0.380 e. The highest BCUT2D eigenvalue weighted by Crippen LogP contribution is 2.59. The topological polar surface area (TPSA) is 38.3 Å². The van der Waals surface area contributed by atoms with Crippen LogP contribution in [-0.2, 0) is 9.53 Å². The lowest BCUT2D eigenvalue weighted by atomic mass is 9.46. The largest absolute Gasteiger partial charge is 0.380 e. The SMILES string of the molecule is C=CC(=O)NC1C(C)C(OC)C12CCC2. The van der Waals surface area contributed by atoms with Crippen LogP contribution in [0.5, 0.6) is 0 Å². The zero-order valence-electron chi connectivity index (χ0n) is 9.45.